The fourth-order valence-electron chi connectivity index (χ4n) is 1.12. The highest BCUT2D eigenvalue weighted by molar-refractivity contribution is 9.10. The molecule has 0 aliphatic heterocycles. The molecule has 0 aliphatic rings. The Labute approximate surface area is 99.7 Å². The topological polar surface area (TPSA) is 34.1 Å². The van der Waals surface area contributed by atoms with Crippen molar-refractivity contribution in [1.82, 2.24) is 0 Å². The number of benzene rings is 1. The van der Waals surface area contributed by atoms with Gasteiger partial charge in [0.15, 0.2) is 9.84 Å². The second kappa shape index (κ2) is 4.26. The molecule has 1 aromatic carbocycles. The van der Waals surface area contributed by atoms with Crippen LogP contribution in [-0.2, 0) is 9.84 Å². The average Bonchev–Trinajstić information content (AvgIpc) is 2.18. The molecular formula is C11H15BrO2S. The predicted molar refractivity (Wildman–Crippen MR) is 65.7 cm³/mol. The molecule has 15 heavy (non-hydrogen) atoms. The van der Waals surface area contributed by atoms with Gasteiger partial charge in [-0.15, -0.1) is 0 Å². The van der Waals surface area contributed by atoms with Crippen LogP contribution in [0.25, 0.3) is 0 Å². The summed E-state index contributed by atoms with van der Waals surface area (Å²) in [6.45, 7) is 5.39. The van der Waals surface area contributed by atoms with Gasteiger partial charge in [0.05, 0.1) is 9.64 Å². The highest BCUT2D eigenvalue weighted by atomic mass is 79.9. The van der Waals surface area contributed by atoms with Crippen molar-refractivity contribution in [2.24, 2.45) is 0 Å². The van der Waals surface area contributed by atoms with Crippen molar-refractivity contribution < 1.29 is 8.42 Å². The van der Waals surface area contributed by atoms with Crippen LogP contribution in [0, 0.1) is 0 Å². The first-order valence-corrected chi connectivity index (χ1v) is 7.09. The van der Waals surface area contributed by atoms with Crippen LogP contribution in [0.15, 0.2) is 33.6 Å². The molecule has 0 atom stereocenters. The van der Waals surface area contributed by atoms with E-state index >= 15 is 0 Å². The molecule has 0 saturated carbocycles. The quantitative estimate of drug-likeness (QED) is 0.855. The zero-order chi connectivity index (χ0) is 11.7. The Kier molecular flexibility index (Phi) is 3.61. The van der Waals surface area contributed by atoms with Gasteiger partial charge in [-0.1, -0.05) is 22.9 Å². The van der Waals surface area contributed by atoms with Gasteiger partial charge < -0.3 is 0 Å². The van der Waals surface area contributed by atoms with E-state index in [1.165, 1.54) is 0 Å². The molecule has 0 bridgehead atoms. The van der Waals surface area contributed by atoms with E-state index in [-0.39, 0.29) is 0 Å². The summed E-state index contributed by atoms with van der Waals surface area (Å²) in [7, 11) is -3.23. The number of rotatable bonds is 3. The number of hydrogen-bond acceptors (Lipinski definition) is 2. The van der Waals surface area contributed by atoms with Crippen molar-refractivity contribution >= 4 is 25.8 Å². The summed E-state index contributed by atoms with van der Waals surface area (Å²) in [6.07, 6.45) is 0.603. The summed E-state index contributed by atoms with van der Waals surface area (Å²) >= 11 is 3.28. The van der Waals surface area contributed by atoms with E-state index < -0.39 is 14.6 Å². The molecule has 0 fully saturated rings. The molecule has 2 nitrogen and oxygen atoms in total. The molecule has 0 heterocycles. The highest BCUT2D eigenvalue weighted by Crippen LogP contribution is 2.28. The van der Waals surface area contributed by atoms with Crippen molar-refractivity contribution in [2.75, 3.05) is 0 Å². The molecular weight excluding hydrogens is 276 g/mol. The maximum atomic E-state index is 12.2. The van der Waals surface area contributed by atoms with E-state index in [2.05, 4.69) is 15.9 Å². The van der Waals surface area contributed by atoms with Gasteiger partial charge in [0.25, 0.3) is 0 Å². The van der Waals surface area contributed by atoms with Gasteiger partial charge in [0, 0.05) is 4.47 Å². The lowest BCUT2D eigenvalue weighted by molar-refractivity contribution is 0.538. The summed E-state index contributed by atoms with van der Waals surface area (Å²) < 4.78 is 24.5. The van der Waals surface area contributed by atoms with E-state index in [1.54, 1.807) is 38.1 Å². The van der Waals surface area contributed by atoms with Crippen molar-refractivity contribution in [3.63, 3.8) is 0 Å². The maximum Gasteiger partial charge on any atom is 0.183 e. The number of hydrogen-bond donors (Lipinski definition) is 0. The Hall–Kier alpha value is -0.350. The molecule has 0 aliphatic carbocycles. The van der Waals surface area contributed by atoms with Crippen LogP contribution in [0.1, 0.15) is 27.2 Å². The van der Waals surface area contributed by atoms with Gasteiger partial charge in [-0.3, -0.25) is 0 Å². The molecule has 0 N–H and O–H groups in total. The van der Waals surface area contributed by atoms with Gasteiger partial charge in [-0.05, 0) is 44.5 Å². The SMILES string of the molecule is CCC(C)(C)S(=O)(=O)c1ccc(Br)cc1. The van der Waals surface area contributed by atoms with Crippen molar-refractivity contribution in [2.45, 2.75) is 36.8 Å². The molecule has 0 saturated heterocycles. The Balaban J connectivity index is 3.24. The van der Waals surface area contributed by atoms with Gasteiger partial charge >= 0.3 is 0 Å². The molecule has 1 aromatic rings. The smallest absolute Gasteiger partial charge is 0.183 e. The third-order valence-electron chi connectivity index (χ3n) is 2.70. The molecule has 0 aromatic heterocycles. The first-order valence-electron chi connectivity index (χ1n) is 4.81. The van der Waals surface area contributed by atoms with Crippen molar-refractivity contribution in [3.05, 3.63) is 28.7 Å². The summed E-state index contributed by atoms with van der Waals surface area (Å²) in [6, 6.07) is 6.77. The summed E-state index contributed by atoms with van der Waals surface area (Å²) in [4.78, 5) is 0.387. The first kappa shape index (κ1) is 12.7. The summed E-state index contributed by atoms with van der Waals surface area (Å²) in [5, 5.41) is 0. The molecule has 0 amide bonds. The Morgan fingerprint density at radius 3 is 2.07 bits per heavy atom. The van der Waals surface area contributed by atoms with E-state index in [0.29, 0.717) is 11.3 Å². The molecule has 4 heteroatoms. The minimum atomic E-state index is -3.23. The largest absolute Gasteiger partial charge is 0.223 e. The van der Waals surface area contributed by atoms with Gasteiger partial charge in [0.1, 0.15) is 0 Å². The van der Waals surface area contributed by atoms with Crippen LogP contribution >= 0.6 is 15.9 Å². The monoisotopic (exact) mass is 290 g/mol. The van der Waals surface area contributed by atoms with Crippen LogP contribution < -0.4 is 0 Å². The normalized spacial score (nSPS) is 12.8. The maximum absolute atomic E-state index is 12.2. The number of halogens is 1. The standard InChI is InChI=1S/C11H15BrO2S/c1-4-11(2,3)15(13,14)10-7-5-9(12)6-8-10/h5-8H,4H2,1-3H3. The molecule has 0 spiro atoms. The minimum absolute atomic E-state index is 0.387. The van der Waals surface area contributed by atoms with E-state index in [0.717, 1.165) is 4.47 Å². The minimum Gasteiger partial charge on any atom is -0.223 e. The van der Waals surface area contributed by atoms with E-state index in [4.69, 9.17) is 0 Å². The zero-order valence-corrected chi connectivity index (χ0v) is 11.5. The Morgan fingerprint density at radius 1 is 1.20 bits per heavy atom. The number of sulfone groups is 1. The lowest BCUT2D eigenvalue weighted by atomic mass is 10.1. The van der Waals surface area contributed by atoms with Crippen LogP contribution in [0.3, 0.4) is 0 Å². The lowest BCUT2D eigenvalue weighted by Crippen LogP contribution is -2.30. The Morgan fingerprint density at radius 2 is 1.67 bits per heavy atom. The third kappa shape index (κ3) is 2.42. The lowest BCUT2D eigenvalue weighted by Gasteiger charge is -2.22. The summed E-state index contributed by atoms with van der Waals surface area (Å²) in [5.74, 6) is 0. The Bertz CT molecular complexity index is 432. The van der Waals surface area contributed by atoms with Gasteiger partial charge in [-0.2, -0.15) is 0 Å². The second-order valence-corrected chi connectivity index (χ2v) is 7.57. The fourth-order valence-corrected chi connectivity index (χ4v) is 2.90. The van der Waals surface area contributed by atoms with Crippen molar-refractivity contribution in [3.8, 4) is 0 Å². The van der Waals surface area contributed by atoms with E-state index in [1.807, 2.05) is 6.92 Å². The third-order valence-corrected chi connectivity index (χ3v) is 5.87. The predicted octanol–water partition coefficient (Wildman–Crippen LogP) is 3.41. The molecule has 0 radical (unpaired) electrons. The van der Waals surface area contributed by atoms with Crippen molar-refractivity contribution in [1.29, 1.82) is 0 Å². The van der Waals surface area contributed by atoms with Crippen LogP contribution in [0.5, 0.6) is 0 Å². The fraction of sp³-hybridized carbons (Fsp3) is 0.455. The second-order valence-electron chi connectivity index (χ2n) is 4.07. The molecule has 1 rings (SSSR count). The van der Waals surface area contributed by atoms with Gasteiger partial charge in [-0.25, -0.2) is 8.42 Å². The van der Waals surface area contributed by atoms with E-state index in [9.17, 15) is 8.42 Å². The van der Waals surface area contributed by atoms with Crippen LogP contribution in [0.4, 0.5) is 0 Å². The van der Waals surface area contributed by atoms with Gasteiger partial charge in [0.2, 0.25) is 0 Å². The van der Waals surface area contributed by atoms with Crippen LogP contribution in [-0.4, -0.2) is 13.2 Å². The molecule has 84 valence electrons. The average molecular weight is 291 g/mol. The zero-order valence-electron chi connectivity index (χ0n) is 9.12. The molecule has 0 unspecified atom stereocenters. The summed E-state index contributed by atoms with van der Waals surface area (Å²) in [5.41, 5.74) is 0. The van der Waals surface area contributed by atoms with Crippen LogP contribution in [0.2, 0.25) is 0 Å². The first-order chi connectivity index (χ1) is 6.81. The highest BCUT2D eigenvalue weighted by Gasteiger charge is 2.33.